The lowest BCUT2D eigenvalue weighted by Gasteiger charge is -2.20. The largest absolute Gasteiger partial charge is 0.238 e. The van der Waals surface area contributed by atoms with Gasteiger partial charge in [-0.2, -0.15) is 0 Å². The molecule has 0 radical (unpaired) electrons. The number of halogens is 1. The maximum atomic E-state index is 11.3. The van der Waals surface area contributed by atoms with Crippen LogP contribution in [0.1, 0.15) is 25.0 Å². The van der Waals surface area contributed by atoms with E-state index < -0.39 is 13.8 Å². The fourth-order valence-electron chi connectivity index (χ4n) is 1.28. The van der Waals surface area contributed by atoms with Crippen molar-refractivity contribution in [3.05, 3.63) is 35.4 Å². The van der Waals surface area contributed by atoms with E-state index in [0.29, 0.717) is 6.42 Å². The lowest BCUT2D eigenvalue weighted by atomic mass is 10.0. The summed E-state index contributed by atoms with van der Waals surface area (Å²) in [7, 11) is 1.84. The van der Waals surface area contributed by atoms with Crippen LogP contribution in [0.4, 0.5) is 0 Å². The minimum Gasteiger partial charge on any atom is -0.212 e. The fourth-order valence-corrected chi connectivity index (χ4v) is 1.79. The van der Waals surface area contributed by atoms with Gasteiger partial charge in [0.25, 0.3) is 0 Å². The van der Waals surface area contributed by atoms with Gasteiger partial charge in [0, 0.05) is 10.7 Å². The van der Waals surface area contributed by atoms with Crippen LogP contribution in [0, 0.1) is 6.92 Å². The summed E-state index contributed by atoms with van der Waals surface area (Å²) in [6.45, 7) is 5.26. The van der Waals surface area contributed by atoms with E-state index in [2.05, 4.69) is 0 Å². The third kappa shape index (κ3) is 3.21. The van der Waals surface area contributed by atoms with Gasteiger partial charge in [0.05, 0.1) is 4.75 Å². The number of hydrogen-bond donors (Lipinski definition) is 0. The molecule has 1 aromatic carbocycles. The molecule has 0 N–H and O–H groups in total. The molecule has 0 aliphatic heterocycles. The molecular formula is C11H15ClO2S. The van der Waals surface area contributed by atoms with Gasteiger partial charge in [0.1, 0.15) is 0 Å². The molecule has 15 heavy (non-hydrogen) atoms. The summed E-state index contributed by atoms with van der Waals surface area (Å²) in [6, 6.07) is 7.79. The minimum absolute atomic E-state index is 0.430. The van der Waals surface area contributed by atoms with E-state index in [9.17, 15) is 8.42 Å². The van der Waals surface area contributed by atoms with Crippen LogP contribution in [0.2, 0.25) is 0 Å². The second-order valence-electron chi connectivity index (χ2n) is 4.36. The monoisotopic (exact) mass is 246 g/mol. The molecule has 84 valence electrons. The average molecular weight is 247 g/mol. The summed E-state index contributed by atoms with van der Waals surface area (Å²) >= 11 is 0. The van der Waals surface area contributed by atoms with Crippen molar-refractivity contribution < 1.29 is 8.42 Å². The highest BCUT2D eigenvalue weighted by Gasteiger charge is 2.32. The highest BCUT2D eigenvalue weighted by atomic mass is 35.7. The summed E-state index contributed by atoms with van der Waals surface area (Å²) in [5.41, 5.74) is 2.14. The topological polar surface area (TPSA) is 34.1 Å². The average Bonchev–Trinajstić information content (AvgIpc) is 2.06. The molecule has 0 atom stereocenters. The van der Waals surface area contributed by atoms with E-state index >= 15 is 0 Å². The molecule has 1 rings (SSSR count). The Bertz CT molecular complexity index is 432. The molecule has 0 fully saturated rings. The van der Waals surface area contributed by atoms with Crippen LogP contribution in [0.5, 0.6) is 0 Å². The van der Waals surface area contributed by atoms with Gasteiger partial charge >= 0.3 is 0 Å². The van der Waals surface area contributed by atoms with Crippen molar-refractivity contribution in [1.82, 2.24) is 0 Å². The molecule has 0 aliphatic rings. The molecule has 0 bridgehead atoms. The van der Waals surface area contributed by atoms with Crippen LogP contribution in [0.3, 0.4) is 0 Å². The van der Waals surface area contributed by atoms with Gasteiger partial charge in [-0.1, -0.05) is 29.8 Å². The Hall–Kier alpha value is -0.540. The number of rotatable bonds is 3. The first-order valence-electron chi connectivity index (χ1n) is 4.72. The van der Waals surface area contributed by atoms with Gasteiger partial charge in [-0.15, -0.1) is 0 Å². The van der Waals surface area contributed by atoms with Gasteiger partial charge in [0.2, 0.25) is 9.05 Å². The SMILES string of the molecule is Cc1ccc(CC(C)(C)S(=O)(=O)Cl)cc1. The molecule has 0 aliphatic carbocycles. The molecule has 0 amide bonds. The van der Waals surface area contributed by atoms with Crippen molar-refractivity contribution in [1.29, 1.82) is 0 Å². The Morgan fingerprint density at radius 3 is 2.07 bits per heavy atom. The second-order valence-corrected chi connectivity index (χ2v) is 7.56. The number of hydrogen-bond acceptors (Lipinski definition) is 2. The highest BCUT2D eigenvalue weighted by Crippen LogP contribution is 2.25. The zero-order chi connectivity index (χ0) is 11.7. The van der Waals surface area contributed by atoms with Crippen LogP contribution in [0.15, 0.2) is 24.3 Å². The molecular weight excluding hydrogens is 232 g/mol. The maximum Gasteiger partial charge on any atom is 0.238 e. The third-order valence-corrected chi connectivity index (χ3v) is 5.13. The summed E-state index contributed by atoms with van der Waals surface area (Å²) in [5.74, 6) is 0. The Kier molecular flexibility index (Phi) is 3.46. The van der Waals surface area contributed by atoms with Crippen LogP contribution in [-0.4, -0.2) is 13.2 Å². The summed E-state index contributed by atoms with van der Waals surface area (Å²) in [6.07, 6.45) is 0.430. The lowest BCUT2D eigenvalue weighted by Crippen LogP contribution is -2.30. The normalized spacial score (nSPS) is 12.8. The first-order chi connectivity index (χ1) is 6.72. The first kappa shape index (κ1) is 12.5. The molecule has 0 saturated heterocycles. The predicted molar refractivity (Wildman–Crippen MR) is 63.7 cm³/mol. The third-order valence-electron chi connectivity index (χ3n) is 2.41. The molecule has 0 aromatic heterocycles. The molecule has 0 saturated carbocycles. The molecule has 0 spiro atoms. The number of aryl methyl sites for hydroxylation is 1. The maximum absolute atomic E-state index is 11.3. The van der Waals surface area contributed by atoms with Crippen molar-refractivity contribution in [3.63, 3.8) is 0 Å². The van der Waals surface area contributed by atoms with Gasteiger partial charge in [-0.3, -0.25) is 0 Å². The van der Waals surface area contributed by atoms with Crippen molar-refractivity contribution in [3.8, 4) is 0 Å². The van der Waals surface area contributed by atoms with E-state index in [0.717, 1.165) is 11.1 Å². The van der Waals surface area contributed by atoms with Crippen molar-refractivity contribution >= 4 is 19.7 Å². The smallest absolute Gasteiger partial charge is 0.212 e. The van der Waals surface area contributed by atoms with Crippen LogP contribution < -0.4 is 0 Å². The zero-order valence-electron chi connectivity index (χ0n) is 9.12. The highest BCUT2D eigenvalue weighted by molar-refractivity contribution is 8.14. The van der Waals surface area contributed by atoms with E-state index in [1.807, 2.05) is 31.2 Å². The number of benzene rings is 1. The van der Waals surface area contributed by atoms with Crippen LogP contribution in [-0.2, 0) is 15.5 Å². The fraction of sp³-hybridized carbons (Fsp3) is 0.455. The molecule has 4 heteroatoms. The Balaban J connectivity index is 2.92. The molecule has 0 heterocycles. The first-order valence-corrected chi connectivity index (χ1v) is 7.03. The van der Waals surface area contributed by atoms with Gasteiger partial charge in [-0.25, -0.2) is 8.42 Å². The quantitative estimate of drug-likeness (QED) is 0.769. The van der Waals surface area contributed by atoms with Crippen LogP contribution >= 0.6 is 10.7 Å². The molecule has 2 nitrogen and oxygen atoms in total. The molecule has 0 unspecified atom stereocenters. The van der Waals surface area contributed by atoms with Gasteiger partial charge < -0.3 is 0 Å². The van der Waals surface area contributed by atoms with E-state index in [1.165, 1.54) is 0 Å². The zero-order valence-corrected chi connectivity index (χ0v) is 10.7. The predicted octanol–water partition coefficient (Wildman–Crippen LogP) is 2.88. The van der Waals surface area contributed by atoms with E-state index in [-0.39, 0.29) is 0 Å². The lowest BCUT2D eigenvalue weighted by molar-refractivity contribution is 0.559. The van der Waals surface area contributed by atoms with E-state index in [4.69, 9.17) is 10.7 Å². The van der Waals surface area contributed by atoms with Crippen LogP contribution in [0.25, 0.3) is 0 Å². The van der Waals surface area contributed by atoms with E-state index in [1.54, 1.807) is 13.8 Å². The minimum atomic E-state index is -3.54. The van der Waals surface area contributed by atoms with Gasteiger partial charge in [0.15, 0.2) is 0 Å². The molecule has 1 aromatic rings. The summed E-state index contributed by atoms with van der Waals surface area (Å²) in [4.78, 5) is 0. The summed E-state index contributed by atoms with van der Waals surface area (Å²) < 4.78 is 21.7. The van der Waals surface area contributed by atoms with Crippen molar-refractivity contribution in [2.24, 2.45) is 0 Å². The van der Waals surface area contributed by atoms with Crippen molar-refractivity contribution in [2.45, 2.75) is 31.9 Å². The Morgan fingerprint density at radius 2 is 1.67 bits per heavy atom. The Morgan fingerprint density at radius 1 is 1.20 bits per heavy atom. The summed E-state index contributed by atoms with van der Waals surface area (Å²) in [5, 5.41) is 0. The standard InChI is InChI=1S/C11H15ClO2S/c1-9-4-6-10(7-5-9)8-11(2,3)15(12,13)14/h4-7H,8H2,1-3H3. The second kappa shape index (κ2) is 4.14. The van der Waals surface area contributed by atoms with Gasteiger partial charge in [-0.05, 0) is 32.8 Å². The Labute approximate surface area is 95.7 Å². The van der Waals surface area contributed by atoms with Crippen molar-refractivity contribution in [2.75, 3.05) is 0 Å².